The van der Waals surface area contributed by atoms with E-state index in [0.717, 1.165) is 10.4 Å². The molecule has 1 aromatic heterocycles. The van der Waals surface area contributed by atoms with Crippen LogP contribution >= 0.6 is 11.3 Å². The van der Waals surface area contributed by atoms with Crippen molar-refractivity contribution in [3.8, 4) is 0 Å². The Morgan fingerprint density at radius 3 is 2.73 bits per heavy atom. The lowest BCUT2D eigenvalue weighted by molar-refractivity contribution is 0.103. The van der Waals surface area contributed by atoms with Crippen LogP contribution in [0.3, 0.4) is 0 Å². The van der Waals surface area contributed by atoms with E-state index >= 15 is 0 Å². The molecule has 0 aliphatic heterocycles. The molecular weight excluding hydrogens is 206 g/mol. The number of hydrogen-bond acceptors (Lipinski definition) is 3. The normalized spacial score (nSPS) is 10.2. The molecule has 0 aliphatic carbocycles. The molecule has 76 valence electrons. The summed E-state index contributed by atoms with van der Waals surface area (Å²) in [7, 11) is 0. The molecular formula is C12H11NOS. The van der Waals surface area contributed by atoms with Crippen LogP contribution in [0.25, 0.3) is 0 Å². The largest absolute Gasteiger partial charge is 0.399 e. The van der Waals surface area contributed by atoms with Gasteiger partial charge in [0.25, 0.3) is 0 Å². The Morgan fingerprint density at radius 1 is 1.33 bits per heavy atom. The van der Waals surface area contributed by atoms with Gasteiger partial charge in [0, 0.05) is 21.7 Å². The Bertz CT molecular complexity index is 502. The van der Waals surface area contributed by atoms with Crippen molar-refractivity contribution in [3.05, 3.63) is 51.7 Å². The Labute approximate surface area is 92.4 Å². The highest BCUT2D eigenvalue weighted by atomic mass is 32.1. The number of thiophene rings is 1. The second-order valence-corrected chi connectivity index (χ2v) is 4.47. The smallest absolute Gasteiger partial charge is 0.194 e. The first-order chi connectivity index (χ1) is 7.18. The van der Waals surface area contributed by atoms with E-state index in [0.29, 0.717) is 11.3 Å². The van der Waals surface area contributed by atoms with Crippen LogP contribution in [0.1, 0.15) is 20.8 Å². The van der Waals surface area contributed by atoms with Crippen LogP contribution in [0.5, 0.6) is 0 Å². The van der Waals surface area contributed by atoms with Gasteiger partial charge in [0.1, 0.15) is 0 Å². The molecule has 0 fully saturated rings. The molecule has 2 N–H and O–H groups in total. The highest BCUT2D eigenvalue weighted by molar-refractivity contribution is 7.10. The molecule has 1 aromatic carbocycles. The molecule has 0 atom stereocenters. The number of aryl methyl sites for hydroxylation is 1. The Kier molecular flexibility index (Phi) is 2.56. The van der Waals surface area contributed by atoms with Gasteiger partial charge in [-0.05, 0) is 30.5 Å². The van der Waals surface area contributed by atoms with Crippen LogP contribution in [-0.2, 0) is 0 Å². The maximum Gasteiger partial charge on any atom is 0.194 e. The molecule has 0 amide bonds. The van der Waals surface area contributed by atoms with Gasteiger partial charge in [-0.1, -0.05) is 12.1 Å². The molecule has 0 saturated heterocycles. The summed E-state index contributed by atoms with van der Waals surface area (Å²) in [5.74, 6) is 0.0426. The van der Waals surface area contributed by atoms with Crippen molar-refractivity contribution in [2.75, 3.05) is 5.73 Å². The number of anilines is 1. The molecule has 0 radical (unpaired) electrons. The lowest BCUT2D eigenvalue weighted by Crippen LogP contribution is -2.01. The minimum atomic E-state index is 0.0426. The molecule has 0 unspecified atom stereocenters. The maximum atomic E-state index is 12.0. The molecule has 2 aromatic rings. The van der Waals surface area contributed by atoms with Crippen molar-refractivity contribution in [3.63, 3.8) is 0 Å². The zero-order valence-corrected chi connectivity index (χ0v) is 9.17. The lowest BCUT2D eigenvalue weighted by atomic mass is 10.0. The van der Waals surface area contributed by atoms with E-state index in [-0.39, 0.29) is 5.78 Å². The molecule has 0 spiro atoms. The molecule has 15 heavy (non-hydrogen) atoms. The Morgan fingerprint density at radius 2 is 2.13 bits per heavy atom. The number of rotatable bonds is 2. The summed E-state index contributed by atoms with van der Waals surface area (Å²) >= 11 is 1.58. The minimum Gasteiger partial charge on any atom is -0.399 e. The molecule has 0 saturated carbocycles. The number of hydrogen-bond donors (Lipinski definition) is 1. The van der Waals surface area contributed by atoms with E-state index in [2.05, 4.69) is 0 Å². The van der Waals surface area contributed by atoms with E-state index in [1.165, 1.54) is 0 Å². The number of nitrogen functional groups attached to an aromatic ring is 1. The van der Waals surface area contributed by atoms with Gasteiger partial charge in [0.2, 0.25) is 0 Å². The van der Waals surface area contributed by atoms with Crippen molar-refractivity contribution in [2.24, 2.45) is 0 Å². The van der Waals surface area contributed by atoms with Gasteiger partial charge in [0.15, 0.2) is 5.78 Å². The lowest BCUT2D eigenvalue weighted by Gasteiger charge is -2.01. The van der Waals surface area contributed by atoms with Gasteiger partial charge in [-0.2, -0.15) is 0 Å². The minimum absolute atomic E-state index is 0.0426. The first kappa shape index (κ1) is 9.93. The Balaban J connectivity index is 2.41. The fourth-order valence-electron chi connectivity index (χ4n) is 1.46. The van der Waals surface area contributed by atoms with Crippen LogP contribution in [0.15, 0.2) is 35.7 Å². The molecule has 2 nitrogen and oxygen atoms in total. The third-order valence-corrected chi connectivity index (χ3v) is 3.10. The van der Waals surface area contributed by atoms with Crippen molar-refractivity contribution in [1.82, 2.24) is 0 Å². The van der Waals surface area contributed by atoms with Gasteiger partial charge >= 0.3 is 0 Å². The standard InChI is InChI=1S/C12H11NOS/c1-8-11(5-6-15-8)12(14)9-3-2-4-10(13)7-9/h2-7H,13H2,1H3. The molecule has 0 aliphatic rings. The number of ketones is 1. The van der Waals surface area contributed by atoms with Crippen molar-refractivity contribution in [2.45, 2.75) is 6.92 Å². The van der Waals surface area contributed by atoms with Crippen molar-refractivity contribution in [1.29, 1.82) is 0 Å². The van der Waals surface area contributed by atoms with Gasteiger partial charge in [-0.3, -0.25) is 4.79 Å². The molecule has 2 rings (SSSR count). The van der Waals surface area contributed by atoms with Gasteiger partial charge in [0.05, 0.1) is 0 Å². The monoisotopic (exact) mass is 217 g/mol. The van der Waals surface area contributed by atoms with E-state index in [1.807, 2.05) is 18.4 Å². The second-order valence-electron chi connectivity index (χ2n) is 3.35. The third kappa shape index (κ3) is 1.92. The first-order valence-corrected chi connectivity index (χ1v) is 5.51. The molecule has 3 heteroatoms. The topological polar surface area (TPSA) is 43.1 Å². The van der Waals surface area contributed by atoms with Gasteiger partial charge in [-0.25, -0.2) is 0 Å². The van der Waals surface area contributed by atoms with Crippen LogP contribution in [0, 0.1) is 6.92 Å². The van der Waals surface area contributed by atoms with E-state index < -0.39 is 0 Å². The zero-order chi connectivity index (χ0) is 10.8. The average Bonchev–Trinajstić information content (AvgIpc) is 2.63. The number of carbonyl (C=O) groups excluding carboxylic acids is 1. The fourth-order valence-corrected chi connectivity index (χ4v) is 2.15. The SMILES string of the molecule is Cc1sccc1C(=O)c1cccc(N)c1. The highest BCUT2D eigenvalue weighted by Crippen LogP contribution is 2.19. The summed E-state index contributed by atoms with van der Waals surface area (Å²) in [6, 6.07) is 8.92. The number of benzene rings is 1. The second kappa shape index (κ2) is 3.87. The summed E-state index contributed by atoms with van der Waals surface area (Å²) in [4.78, 5) is 13.1. The van der Waals surface area contributed by atoms with Crippen LogP contribution < -0.4 is 5.73 Å². The van der Waals surface area contributed by atoms with E-state index in [9.17, 15) is 4.79 Å². The molecule has 1 heterocycles. The average molecular weight is 217 g/mol. The van der Waals surface area contributed by atoms with Crippen molar-refractivity contribution >= 4 is 22.8 Å². The van der Waals surface area contributed by atoms with Crippen LogP contribution in [0.2, 0.25) is 0 Å². The summed E-state index contributed by atoms with van der Waals surface area (Å²) in [5.41, 5.74) is 7.68. The van der Waals surface area contributed by atoms with Crippen LogP contribution in [0.4, 0.5) is 5.69 Å². The first-order valence-electron chi connectivity index (χ1n) is 4.63. The Hall–Kier alpha value is -1.61. The van der Waals surface area contributed by atoms with Crippen LogP contribution in [-0.4, -0.2) is 5.78 Å². The van der Waals surface area contributed by atoms with Gasteiger partial charge in [-0.15, -0.1) is 11.3 Å². The van der Waals surface area contributed by atoms with E-state index in [4.69, 9.17) is 5.73 Å². The third-order valence-electron chi connectivity index (χ3n) is 2.25. The summed E-state index contributed by atoms with van der Waals surface area (Å²) in [6.07, 6.45) is 0. The highest BCUT2D eigenvalue weighted by Gasteiger charge is 2.12. The number of nitrogens with two attached hydrogens (primary N) is 1. The quantitative estimate of drug-likeness (QED) is 0.621. The van der Waals surface area contributed by atoms with Gasteiger partial charge < -0.3 is 5.73 Å². The maximum absolute atomic E-state index is 12.0. The summed E-state index contributed by atoms with van der Waals surface area (Å²) in [5, 5.41) is 1.93. The summed E-state index contributed by atoms with van der Waals surface area (Å²) < 4.78 is 0. The number of carbonyl (C=O) groups is 1. The van der Waals surface area contributed by atoms with E-state index in [1.54, 1.807) is 35.6 Å². The predicted molar refractivity (Wildman–Crippen MR) is 63.3 cm³/mol. The predicted octanol–water partition coefficient (Wildman–Crippen LogP) is 2.87. The molecule has 0 bridgehead atoms. The summed E-state index contributed by atoms with van der Waals surface area (Å²) in [6.45, 7) is 1.95. The fraction of sp³-hybridized carbons (Fsp3) is 0.0833. The van der Waals surface area contributed by atoms with Crippen molar-refractivity contribution < 1.29 is 4.79 Å². The zero-order valence-electron chi connectivity index (χ0n) is 8.36.